The predicted molar refractivity (Wildman–Crippen MR) is 156 cm³/mol. The van der Waals surface area contributed by atoms with Crippen LogP contribution in [-0.4, -0.2) is 44.5 Å². The second-order valence-corrected chi connectivity index (χ2v) is 11.5. The minimum atomic E-state index is -2.72. The summed E-state index contributed by atoms with van der Waals surface area (Å²) in [5.74, 6) is 0.644. The standard InChI is InChI=1S/C29H46O8P2/c1-2-3-4-5-6-7-8-9-10-12-17-25-18-15-16-21-27(25)37-28(26-19-13-11-14-20-26)29(22-30,23-35-38(31)32)24-36-39(33)34/h11,13-16,18-21,28,30-34H,2-10,12,17,22-24H2,1H3. The van der Waals surface area contributed by atoms with Crippen LogP contribution in [0.5, 0.6) is 5.75 Å². The van der Waals surface area contributed by atoms with E-state index < -0.39 is 35.3 Å². The van der Waals surface area contributed by atoms with E-state index in [0.717, 1.165) is 24.8 Å². The molecule has 220 valence electrons. The van der Waals surface area contributed by atoms with Gasteiger partial charge in [0.2, 0.25) is 0 Å². The Morgan fingerprint density at radius 1 is 0.692 bits per heavy atom. The normalized spacial score (nSPS) is 12.8. The summed E-state index contributed by atoms with van der Waals surface area (Å²) in [6, 6.07) is 17.0. The molecular formula is C29H46O8P2. The summed E-state index contributed by atoms with van der Waals surface area (Å²) < 4.78 is 16.8. The molecule has 1 atom stereocenters. The number of hydrogen-bond donors (Lipinski definition) is 5. The summed E-state index contributed by atoms with van der Waals surface area (Å²) in [6.45, 7) is 1.03. The minimum absolute atomic E-state index is 0.342. The molecule has 0 bridgehead atoms. The van der Waals surface area contributed by atoms with E-state index in [1.807, 2.05) is 54.6 Å². The van der Waals surface area contributed by atoms with Gasteiger partial charge in [0.15, 0.2) is 0 Å². The van der Waals surface area contributed by atoms with E-state index in [1.165, 1.54) is 51.4 Å². The fourth-order valence-corrected chi connectivity index (χ4v) is 5.41. The average Bonchev–Trinajstić information content (AvgIpc) is 2.94. The maximum absolute atomic E-state index is 10.5. The molecule has 0 saturated heterocycles. The molecule has 2 rings (SSSR count). The minimum Gasteiger partial charge on any atom is -0.485 e. The van der Waals surface area contributed by atoms with Crippen molar-refractivity contribution >= 4 is 17.2 Å². The molecule has 0 aliphatic carbocycles. The molecule has 0 aliphatic heterocycles. The van der Waals surface area contributed by atoms with E-state index in [-0.39, 0.29) is 13.2 Å². The van der Waals surface area contributed by atoms with Gasteiger partial charge in [0.1, 0.15) is 11.9 Å². The van der Waals surface area contributed by atoms with Gasteiger partial charge in [-0.1, -0.05) is 113 Å². The van der Waals surface area contributed by atoms with Crippen molar-refractivity contribution in [3.05, 3.63) is 65.7 Å². The number of hydrogen-bond acceptors (Lipinski definition) is 8. The lowest BCUT2D eigenvalue weighted by molar-refractivity contribution is -0.0656. The first kappa shape index (κ1) is 34.0. The van der Waals surface area contributed by atoms with Gasteiger partial charge in [0, 0.05) is 0 Å². The van der Waals surface area contributed by atoms with Crippen LogP contribution in [0.4, 0.5) is 0 Å². The van der Waals surface area contributed by atoms with Gasteiger partial charge in [-0.25, -0.2) is 0 Å². The lowest BCUT2D eigenvalue weighted by Gasteiger charge is -2.39. The zero-order valence-corrected chi connectivity index (χ0v) is 24.8. The number of aryl methyl sites for hydroxylation is 1. The number of aliphatic hydroxyl groups is 1. The Balaban J connectivity index is 2.13. The number of ether oxygens (including phenoxy) is 1. The van der Waals surface area contributed by atoms with Crippen LogP contribution in [0, 0.1) is 5.41 Å². The predicted octanol–water partition coefficient (Wildman–Crippen LogP) is 6.71. The first-order valence-electron chi connectivity index (χ1n) is 13.9. The molecule has 0 fully saturated rings. The largest absolute Gasteiger partial charge is 0.485 e. The zero-order valence-electron chi connectivity index (χ0n) is 23.0. The van der Waals surface area contributed by atoms with Crippen molar-refractivity contribution in [1.29, 1.82) is 0 Å². The van der Waals surface area contributed by atoms with E-state index in [2.05, 4.69) is 6.92 Å². The number of aliphatic hydroxyl groups excluding tert-OH is 1. The summed E-state index contributed by atoms with van der Waals surface area (Å²) in [7, 11) is -5.43. The molecule has 2 aromatic carbocycles. The van der Waals surface area contributed by atoms with Crippen molar-refractivity contribution in [2.45, 2.75) is 83.7 Å². The summed E-state index contributed by atoms with van der Waals surface area (Å²) in [4.78, 5) is 37.8. The van der Waals surface area contributed by atoms with Crippen LogP contribution in [0.2, 0.25) is 0 Å². The quantitative estimate of drug-likeness (QED) is 0.0764. The van der Waals surface area contributed by atoms with Crippen molar-refractivity contribution in [3.8, 4) is 5.75 Å². The summed E-state index contributed by atoms with van der Waals surface area (Å²) >= 11 is 0. The highest BCUT2D eigenvalue weighted by molar-refractivity contribution is 7.39. The van der Waals surface area contributed by atoms with E-state index in [4.69, 9.17) is 13.8 Å². The van der Waals surface area contributed by atoms with Crippen LogP contribution in [0.1, 0.15) is 88.4 Å². The Hall–Kier alpha value is -1.18. The Morgan fingerprint density at radius 3 is 1.74 bits per heavy atom. The Labute approximate surface area is 236 Å². The van der Waals surface area contributed by atoms with E-state index in [0.29, 0.717) is 11.3 Å². The third-order valence-electron chi connectivity index (χ3n) is 6.93. The number of benzene rings is 2. The molecule has 0 heterocycles. The molecule has 0 aromatic heterocycles. The summed E-state index contributed by atoms with van der Waals surface area (Å²) in [5, 5.41) is 10.5. The average molecular weight is 585 g/mol. The van der Waals surface area contributed by atoms with E-state index >= 15 is 0 Å². The topological polar surface area (TPSA) is 129 Å². The lowest BCUT2D eigenvalue weighted by Crippen LogP contribution is -2.43. The van der Waals surface area contributed by atoms with Gasteiger partial charge < -0.3 is 38.5 Å². The first-order valence-corrected chi connectivity index (χ1v) is 16.3. The SMILES string of the molecule is CCCCCCCCCCCCc1ccccc1OC(c1ccccc1)C(CO)(COP(O)O)COP(O)O. The Bertz CT molecular complexity index is 873. The van der Waals surface area contributed by atoms with Crippen LogP contribution in [0.25, 0.3) is 0 Å². The van der Waals surface area contributed by atoms with Crippen LogP contribution >= 0.6 is 17.2 Å². The monoisotopic (exact) mass is 584 g/mol. The first-order chi connectivity index (χ1) is 18.9. The summed E-state index contributed by atoms with van der Waals surface area (Å²) in [5.41, 5.74) is 0.377. The third-order valence-corrected chi connectivity index (χ3v) is 7.65. The van der Waals surface area contributed by atoms with Gasteiger partial charge >= 0.3 is 17.2 Å². The van der Waals surface area contributed by atoms with Crippen molar-refractivity contribution in [2.24, 2.45) is 5.41 Å². The summed E-state index contributed by atoms with van der Waals surface area (Å²) in [6.07, 6.45) is 12.5. The molecule has 0 aliphatic rings. The number of unbranched alkanes of at least 4 members (excludes halogenated alkanes) is 9. The second-order valence-electron chi connectivity index (χ2n) is 10.0. The van der Waals surface area contributed by atoms with Crippen molar-refractivity contribution in [3.63, 3.8) is 0 Å². The molecular weight excluding hydrogens is 538 g/mol. The fraction of sp³-hybridized carbons (Fsp3) is 0.586. The highest BCUT2D eigenvalue weighted by Gasteiger charge is 2.44. The third kappa shape index (κ3) is 12.9. The second kappa shape index (κ2) is 19.8. The molecule has 39 heavy (non-hydrogen) atoms. The van der Waals surface area contributed by atoms with Crippen LogP contribution in [0.3, 0.4) is 0 Å². The van der Waals surface area contributed by atoms with Crippen molar-refractivity contribution in [2.75, 3.05) is 19.8 Å². The molecule has 8 nitrogen and oxygen atoms in total. The van der Waals surface area contributed by atoms with Crippen LogP contribution in [-0.2, 0) is 15.5 Å². The molecule has 0 saturated carbocycles. The maximum Gasteiger partial charge on any atom is 0.327 e. The molecule has 2 aromatic rings. The smallest absolute Gasteiger partial charge is 0.327 e. The van der Waals surface area contributed by atoms with E-state index in [9.17, 15) is 24.7 Å². The van der Waals surface area contributed by atoms with E-state index in [1.54, 1.807) is 0 Å². The van der Waals surface area contributed by atoms with Gasteiger partial charge in [-0.2, -0.15) is 0 Å². The maximum atomic E-state index is 10.5. The zero-order chi connectivity index (χ0) is 28.3. The van der Waals surface area contributed by atoms with Crippen molar-refractivity contribution < 1.29 is 38.5 Å². The number of para-hydroxylation sites is 1. The van der Waals surface area contributed by atoms with Gasteiger partial charge in [-0.3, -0.25) is 0 Å². The Morgan fingerprint density at radius 2 is 1.21 bits per heavy atom. The van der Waals surface area contributed by atoms with Crippen LogP contribution < -0.4 is 4.74 Å². The number of rotatable bonds is 22. The van der Waals surface area contributed by atoms with Crippen LogP contribution in [0.15, 0.2) is 54.6 Å². The van der Waals surface area contributed by atoms with Crippen molar-refractivity contribution in [1.82, 2.24) is 0 Å². The highest BCUT2D eigenvalue weighted by atomic mass is 31.2. The van der Waals surface area contributed by atoms with Gasteiger partial charge in [0.25, 0.3) is 0 Å². The van der Waals surface area contributed by atoms with Gasteiger partial charge in [-0.05, 0) is 30.0 Å². The molecule has 0 amide bonds. The molecule has 10 heteroatoms. The fourth-order valence-electron chi connectivity index (χ4n) is 4.67. The van der Waals surface area contributed by atoms with Gasteiger partial charge in [0.05, 0.1) is 25.2 Å². The molecule has 1 unspecified atom stereocenters. The Kier molecular flexibility index (Phi) is 17.3. The lowest BCUT2D eigenvalue weighted by atomic mass is 9.80. The highest BCUT2D eigenvalue weighted by Crippen LogP contribution is 2.44. The molecule has 0 radical (unpaired) electrons. The van der Waals surface area contributed by atoms with Gasteiger partial charge in [-0.15, -0.1) is 0 Å². The molecule has 5 N–H and O–H groups in total. The molecule has 0 spiro atoms.